The fraction of sp³-hybridized carbons (Fsp3) is 0.375. The molecule has 108 valence electrons. The van der Waals surface area contributed by atoms with Crippen LogP contribution < -0.4 is 0 Å². The van der Waals surface area contributed by atoms with Crippen LogP contribution in [-0.4, -0.2) is 35.0 Å². The molecule has 0 aromatic heterocycles. The fourth-order valence-electron chi connectivity index (χ4n) is 1.83. The Labute approximate surface area is 119 Å². The summed E-state index contributed by atoms with van der Waals surface area (Å²) >= 11 is 0. The SMILES string of the molecule is C=CCN(CC(=O)O)C(=O)c1ccc(C(C)(C)C)cc1. The molecule has 0 heterocycles. The van der Waals surface area contributed by atoms with Crippen LogP contribution in [0.1, 0.15) is 36.7 Å². The first-order valence-corrected chi connectivity index (χ1v) is 6.48. The zero-order valence-corrected chi connectivity index (χ0v) is 12.2. The molecule has 0 spiro atoms. The van der Waals surface area contributed by atoms with Gasteiger partial charge in [0, 0.05) is 12.1 Å². The second-order valence-corrected chi connectivity index (χ2v) is 5.70. The van der Waals surface area contributed by atoms with Crippen molar-refractivity contribution in [2.45, 2.75) is 26.2 Å². The molecule has 20 heavy (non-hydrogen) atoms. The largest absolute Gasteiger partial charge is 0.480 e. The summed E-state index contributed by atoms with van der Waals surface area (Å²) in [6.07, 6.45) is 1.52. The van der Waals surface area contributed by atoms with Gasteiger partial charge < -0.3 is 10.0 Å². The molecule has 1 amide bonds. The number of nitrogens with zero attached hydrogens (tertiary/aromatic N) is 1. The number of rotatable bonds is 5. The molecule has 0 saturated heterocycles. The van der Waals surface area contributed by atoms with Gasteiger partial charge in [-0.05, 0) is 23.1 Å². The van der Waals surface area contributed by atoms with Gasteiger partial charge >= 0.3 is 5.97 Å². The third-order valence-electron chi connectivity index (χ3n) is 2.96. The molecule has 1 aromatic carbocycles. The van der Waals surface area contributed by atoms with E-state index in [4.69, 9.17) is 5.11 Å². The van der Waals surface area contributed by atoms with Crippen LogP contribution in [0.15, 0.2) is 36.9 Å². The predicted octanol–water partition coefficient (Wildman–Crippen LogP) is 2.70. The molecule has 0 aliphatic carbocycles. The Balaban J connectivity index is 2.94. The lowest BCUT2D eigenvalue weighted by Gasteiger charge is -2.21. The van der Waals surface area contributed by atoms with E-state index in [1.54, 1.807) is 12.1 Å². The molecular weight excluding hydrogens is 254 g/mol. The monoisotopic (exact) mass is 275 g/mol. The number of amides is 1. The molecule has 0 unspecified atom stereocenters. The van der Waals surface area contributed by atoms with Gasteiger partial charge in [0.25, 0.3) is 5.91 Å². The van der Waals surface area contributed by atoms with Gasteiger partial charge in [0.15, 0.2) is 0 Å². The van der Waals surface area contributed by atoms with Crippen molar-refractivity contribution in [1.82, 2.24) is 4.90 Å². The first-order chi connectivity index (χ1) is 9.25. The van der Waals surface area contributed by atoms with E-state index in [0.29, 0.717) is 5.56 Å². The minimum Gasteiger partial charge on any atom is -0.480 e. The van der Waals surface area contributed by atoms with E-state index in [0.717, 1.165) is 5.56 Å². The van der Waals surface area contributed by atoms with Gasteiger partial charge in [-0.25, -0.2) is 0 Å². The van der Waals surface area contributed by atoms with Crippen LogP contribution in [0.5, 0.6) is 0 Å². The second kappa shape index (κ2) is 6.37. The third kappa shape index (κ3) is 4.23. The lowest BCUT2D eigenvalue weighted by Crippen LogP contribution is -2.35. The third-order valence-corrected chi connectivity index (χ3v) is 2.96. The molecular formula is C16H21NO3. The Morgan fingerprint density at radius 3 is 2.20 bits per heavy atom. The lowest BCUT2D eigenvalue weighted by molar-refractivity contribution is -0.137. The van der Waals surface area contributed by atoms with E-state index < -0.39 is 5.97 Å². The van der Waals surface area contributed by atoms with Crippen LogP contribution in [-0.2, 0) is 10.2 Å². The molecule has 1 rings (SSSR count). The van der Waals surface area contributed by atoms with E-state index >= 15 is 0 Å². The van der Waals surface area contributed by atoms with Crippen LogP contribution in [0.2, 0.25) is 0 Å². The maximum absolute atomic E-state index is 12.2. The number of hydrogen-bond donors (Lipinski definition) is 1. The fourth-order valence-corrected chi connectivity index (χ4v) is 1.83. The Bertz CT molecular complexity index is 497. The molecule has 0 atom stereocenters. The van der Waals surface area contributed by atoms with Crippen molar-refractivity contribution in [1.29, 1.82) is 0 Å². The van der Waals surface area contributed by atoms with Gasteiger partial charge in [-0.3, -0.25) is 9.59 Å². The molecule has 0 radical (unpaired) electrons. The highest BCUT2D eigenvalue weighted by atomic mass is 16.4. The Morgan fingerprint density at radius 2 is 1.80 bits per heavy atom. The highest BCUT2D eigenvalue weighted by Gasteiger charge is 2.19. The lowest BCUT2D eigenvalue weighted by atomic mass is 9.86. The Kier molecular flexibility index (Phi) is 5.08. The smallest absolute Gasteiger partial charge is 0.323 e. The highest BCUT2D eigenvalue weighted by Crippen LogP contribution is 2.22. The Hall–Kier alpha value is -2.10. The molecule has 0 aliphatic heterocycles. The maximum atomic E-state index is 12.2. The van der Waals surface area contributed by atoms with Crippen molar-refractivity contribution in [3.05, 3.63) is 48.0 Å². The summed E-state index contributed by atoms with van der Waals surface area (Å²) in [6.45, 7) is 9.72. The van der Waals surface area contributed by atoms with Gasteiger partial charge in [0.1, 0.15) is 6.54 Å². The van der Waals surface area contributed by atoms with Crippen LogP contribution >= 0.6 is 0 Å². The van der Waals surface area contributed by atoms with Gasteiger partial charge in [-0.15, -0.1) is 6.58 Å². The topological polar surface area (TPSA) is 57.6 Å². The van der Waals surface area contributed by atoms with Crippen LogP contribution in [0.3, 0.4) is 0 Å². The zero-order valence-electron chi connectivity index (χ0n) is 12.2. The quantitative estimate of drug-likeness (QED) is 0.841. The van der Waals surface area contributed by atoms with E-state index in [-0.39, 0.29) is 24.4 Å². The van der Waals surface area contributed by atoms with Crippen molar-refractivity contribution >= 4 is 11.9 Å². The maximum Gasteiger partial charge on any atom is 0.323 e. The summed E-state index contributed by atoms with van der Waals surface area (Å²) < 4.78 is 0. The van der Waals surface area contributed by atoms with Crippen molar-refractivity contribution < 1.29 is 14.7 Å². The number of hydrogen-bond acceptors (Lipinski definition) is 2. The molecule has 0 fully saturated rings. The summed E-state index contributed by atoms with van der Waals surface area (Å²) in [5.41, 5.74) is 1.63. The number of carbonyl (C=O) groups excluding carboxylic acids is 1. The van der Waals surface area contributed by atoms with Crippen LogP contribution in [0, 0.1) is 0 Å². The van der Waals surface area contributed by atoms with Crippen molar-refractivity contribution in [2.75, 3.05) is 13.1 Å². The summed E-state index contributed by atoms with van der Waals surface area (Å²) in [5, 5.41) is 8.83. The van der Waals surface area contributed by atoms with Gasteiger partial charge in [0.2, 0.25) is 0 Å². The van der Waals surface area contributed by atoms with Crippen LogP contribution in [0.25, 0.3) is 0 Å². The minimum absolute atomic E-state index is 0.0173. The summed E-state index contributed by atoms with van der Waals surface area (Å²) in [5.74, 6) is -1.33. The molecule has 0 aliphatic rings. The molecule has 0 bridgehead atoms. The average molecular weight is 275 g/mol. The number of carboxylic acids is 1. The van der Waals surface area contributed by atoms with Gasteiger partial charge in [-0.1, -0.05) is 39.0 Å². The first kappa shape index (κ1) is 16.0. The van der Waals surface area contributed by atoms with E-state index in [1.165, 1.54) is 11.0 Å². The zero-order chi connectivity index (χ0) is 15.3. The molecule has 4 heteroatoms. The summed E-state index contributed by atoms with van der Waals surface area (Å²) in [6, 6.07) is 7.28. The minimum atomic E-state index is -1.04. The molecule has 1 N–H and O–H groups in total. The van der Waals surface area contributed by atoms with E-state index in [2.05, 4.69) is 27.4 Å². The van der Waals surface area contributed by atoms with Crippen LogP contribution in [0.4, 0.5) is 0 Å². The Morgan fingerprint density at radius 1 is 1.25 bits per heavy atom. The van der Waals surface area contributed by atoms with E-state index in [9.17, 15) is 9.59 Å². The van der Waals surface area contributed by atoms with Crippen molar-refractivity contribution in [2.24, 2.45) is 0 Å². The van der Waals surface area contributed by atoms with Crippen molar-refractivity contribution in [3.8, 4) is 0 Å². The highest BCUT2D eigenvalue weighted by molar-refractivity contribution is 5.96. The molecule has 0 saturated carbocycles. The molecule has 1 aromatic rings. The van der Waals surface area contributed by atoms with E-state index in [1.807, 2.05) is 12.1 Å². The van der Waals surface area contributed by atoms with Gasteiger partial charge in [-0.2, -0.15) is 0 Å². The summed E-state index contributed by atoms with van der Waals surface area (Å²) in [4.78, 5) is 24.3. The molecule has 4 nitrogen and oxygen atoms in total. The standard InChI is InChI=1S/C16H21NO3/c1-5-10-17(11-14(18)19)15(20)12-6-8-13(9-7-12)16(2,3)4/h5-9H,1,10-11H2,2-4H3,(H,18,19). The van der Waals surface area contributed by atoms with Crippen molar-refractivity contribution in [3.63, 3.8) is 0 Å². The first-order valence-electron chi connectivity index (χ1n) is 6.48. The number of carboxylic acid groups (broad SMARTS) is 1. The second-order valence-electron chi connectivity index (χ2n) is 5.70. The predicted molar refractivity (Wildman–Crippen MR) is 78.9 cm³/mol. The number of benzene rings is 1. The number of aliphatic carboxylic acids is 1. The van der Waals surface area contributed by atoms with Gasteiger partial charge in [0.05, 0.1) is 0 Å². The summed E-state index contributed by atoms with van der Waals surface area (Å²) in [7, 11) is 0. The number of carbonyl (C=O) groups is 2. The normalized spacial score (nSPS) is 10.9. The average Bonchev–Trinajstić information content (AvgIpc) is 2.36.